The van der Waals surface area contributed by atoms with Crippen molar-refractivity contribution in [2.24, 2.45) is 5.73 Å². The van der Waals surface area contributed by atoms with Crippen LogP contribution in [0.3, 0.4) is 0 Å². The van der Waals surface area contributed by atoms with Gasteiger partial charge in [0.2, 0.25) is 0 Å². The maximum Gasteiger partial charge on any atom is 0.126 e. The molecule has 0 saturated carbocycles. The van der Waals surface area contributed by atoms with Crippen molar-refractivity contribution in [3.8, 4) is 5.75 Å². The first kappa shape index (κ1) is 12.1. The minimum absolute atomic E-state index is 0.653. The summed E-state index contributed by atoms with van der Waals surface area (Å²) in [4.78, 5) is 0. The lowest BCUT2D eigenvalue weighted by Gasteiger charge is -2.09. The van der Waals surface area contributed by atoms with Gasteiger partial charge in [-0.15, -0.1) is 0 Å². The van der Waals surface area contributed by atoms with Crippen molar-refractivity contribution in [2.45, 2.75) is 13.3 Å². The molecule has 2 N–H and O–H groups in total. The molecule has 0 radical (unpaired) electrons. The van der Waals surface area contributed by atoms with E-state index < -0.39 is 0 Å². The molecule has 0 fully saturated rings. The average molecular weight is 226 g/mol. The number of nitrogens with two attached hydrogens (primary N) is 1. The van der Waals surface area contributed by atoms with Crippen LogP contribution in [0, 0.1) is 0 Å². The molecule has 0 aliphatic heterocycles. The van der Waals surface area contributed by atoms with Crippen LogP contribution in [-0.4, -0.2) is 13.7 Å². The summed E-state index contributed by atoms with van der Waals surface area (Å²) in [6.07, 6.45) is 2.95. The van der Waals surface area contributed by atoms with E-state index in [9.17, 15) is 0 Å². The van der Waals surface area contributed by atoms with Gasteiger partial charge in [0.15, 0.2) is 0 Å². The highest BCUT2D eigenvalue weighted by atomic mass is 35.5. The fraction of sp³-hybridized carbons (Fsp3) is 0.333. The van der Waals surface area contributed by atoms with E-state index in [1.807, 2.05) is 25.1 Å². The van der Waals surface area contributed by atoms with Crippen molar-refractivity contribution in [1.82, 2.24) is 0 Å². The van der Waals surface area contributed by atoms with E-state index in [4.69, 9.17) is 22.1 Å². The summed E-state index contributed by atoms with van der Waals surface area (Å²) < 4.78 is 5.27. The van der Waals surface area contributed by atoms with Gasteiger partial charge in [0.05, 0.1) is 7.11 Å². The second-order valence-electron chi connectivity index (χ2n) is 3.31. The van der Waals surface area contributed by atoms with E-state index in [2.05, 4.69) is 6.08 Å². The van der Waals surface area contributed by atoms with Gasteiger partial charge in [0.25, 0.3) is 0 Å². The highest BCUT2D eigenvalue weighted by molar-refractivity contribution is 6.30. The molecule has 3 heteroatoms. The van der Waals surface area contributed by atoms with Gasteiger partial charge < -0.3 is 10.5 Å². The van der Waals surface area contributed by atoms with E-state index in [-0.39, 0.29) is 0 Å². The zero-order valence-corrected chi connectivity index (χ0v) is 9.84. The Morgan fingerprint density at radius 3 is 2.87 bits per heavy atom. The average Bonchev–Trinajstić information content (AvgIpc) is 2.25. The lowest BCUT2D eigenvalue weighted by molar-refractivity contribution is 0.413. The highest BCUT2D eigenvalue weighted by Crippen LogP contribution is 2.28. The van der Waals surface area contributed by atoms with Gasteiger partial charge in [0, 0.05) is 10.6 Å². The molecule has 82 valence electrons. The third kappa shape index (κ3) is 3.26. The van der Waals surface area contributed by atoms with Gasteiger partial charge in [0.1, 0.15) is 5.75 Å². The van der Waals surface area contributed by atoms with E-state index in [1.54, 1.807) is 7.11 Å². The maximum atomic E-state index is 5.94. The number of hydrogen-bond donors (Lipinski definition) is 1. The Balaban J connectivity index is 3.05. The quantitative estimate of drug-likeness (QED) is 0.855. The van der Waals surface area contributed by atoms with Crippen molar-refractivity contribution in [2.75, 3.05) is 13.7 Å². The second kappa shape index (κ2) is 5.79. The van der Waals surface area contributed by atoms with Gasteiger partial charge in [-0.05, 0) is 43.7 Å². The van der Waals surface area contributed by atoms with E-state index >= 15 is 0 Å². The number of rotatable bonds is 4. The Morgan fingerprint density at radius 1 is 1.53 bits per heavy atom. The predicted molar refractivity (Wildman–Crippen MR) is 65.3 cm³/mol. The molecule has 0 unspecified atom stereocenters. The summed E-state index contributed by atoms with van der Waals surface area (Å²) in [5, 5.41) is 0.714. The number of allylic oxidation sites excluding steroid dienone is 1. The van der Waals surface area contributed by atoms with Crippen LogP contribution in [0.15, 0.2) is 24.3 Å². The number of methoxy groups -OCH3 is 1. The SMILES string of the molecule is COc1ccc(Cl)cc1/C(C)=C/CCN. The van der Waals surface area contributed by atoms with Crippen LogP contribution in [0.5, 0.6) is 5.75 Å². The minimum atomic E-state index is 0.653. The van der Waals surface area contributed by atoms with Gasteiger partial charge >= 0.3 is 0 Å². The van der Waals surface area contributed by atoms with Gasteiger partial charge in [-0.3, -0.25) is 0 Å². The molecule has 0 bridgehead atoms. The van der Waals surface area contributed by atoms with Crippen molar-refractivity contribution < 1.29 is 4.74 Å². The molecule has 0 aliphatic carbocycles. The summed E-state index contributed by atoms with van der Waals surface area (Å²) in [6.45, 7) is 2.68. The minimum Gasteiger partial charge on any atom is -0.496 e. The molecule has 0 aliphatic rings. The Labute approximate surface area is 95.7 Å². The third-order valence-corrected chi connectivity index (χ3v) is 2.44. The summed E-state index contributed by atoms with van der Waals surface area (Å²) in [5.41, 5.74) is 7.62. The van der Waals surface area contributed by atoms with E-state index in [1.165, 1.54) is 0 Å². The molecular formula is C12H16ClNO. The smallest absolute Gasteiger partial charge is 0.126 e. The zero-order valence-electron chi connectivity index (χ0n) is 9.09. The van der Waals surface area contributed by atoms with E-state index in [0.717, 1.165) is 23.3 Å². The predicted octanol–water partition coefficient (Wildman–Crippen LogP) is 3.10. The summed E-state index contributed by atoms with van der Waals surface area (Å²) in [7, 11) is 1.66. The molecule has 0 aromatic heterocycles. The first-order valence-electron chi connectivity index (χ1n) is 4.89. The molecule has 1 rings (SSSR count). The van der Waals surface area contributed by atoms with Crippen LogP contribution < -0.4 is 10.5 Å². The third-order valence-electron chi connectivity index (χ3n) is 2.20. The van der Waals surface area contributed by atoms with Crippen LogP contribution in [0.2, 0.25) is 5.02 Å². The molecule has 1 aromatic carbocycles. The van der Waals surface area contributed by atoms with Crippen molar-refractivity contribution in [3.05, 3.63) is 34.9 Å². The Kier molecular flexibility index (Phi) is 4.66. The lowest BCUT2D eigenvalue weighted by atomic mass is 10.1. The van der Waals surface area contributed by atoms with Gasteiger partial charge in [-0.2, -0.15) is 0 Å². The fourth-order valence-electron chi connectivity index (χ4n) is 1.40. The number of benzene rings is 1. The molecule has 0 saturated heterocycles. The molecule has 15 heavy (non-hydrogen) atoms. The van der Waals surface area contributed by atoms with Gasteiger partial charge in [-0.1, -0.05) is 17.7 Å². The van der Waals surface area contributed by atoms with Crippen molar-refractivity contribution in [3.63, 3.8) is 0 Å². The van der Waals surface area contributed by atoms with Crippen LogP contribution in [0.4, 0.5) is 0 Å². The van der Waals surface area contributed by atoms with Crippen LogP contribution in [0.1, 0.15) is 18.9 Å². The normalized spacial score (nSPS) is 11.6. The first-order valence-corrected chi connectivity index (χ1v) is 5.27. The Bertz CT molecular complexity index is 361. The molecule has 1 aromatic rings. The summed E-state index contributed by atoms with van der Waals surface area (Å²) >= 11 is 5.94. The lowest BCUT2D eigenvalue weighted by Crippen LogP contribution is -1.96. The number of ether oxygens (including phenoxy) is 1. The highest BCUT2D eigenvalue weighted by Gasteiger charge is 2.04. The molecule has 0 amide bonds. The van der Waals surface area contributed by atoms with Crippen LogP contribution >= 0.6 is 11.6 Å². The molecule has 0 spiro atoms. The standard InChI is InChI=1S/C12H16ClNO/c1-9(4-3-7-14)11-8-10(13)5-6-12(11)15-2/h4-6,8H,3,7,14H2,1-2H3/b9-4+. The monoisotopic (exact) mass is 225 g/mol. The van der Waals surface area contributed by atoms with Crippen LogP contribution in [0.25, 0.3) is 5.57 Å². The fourth-order valence-corrected chi connectivity index (χ4v) is 1.57. The number of hydrogen-bond acceptors (Lipinski definition) is 2. The molecular weight excluding hydrogens is 210 g/mol. The van der Waals surface area contributed by atoms with Crippen molar-refractivity contribution >= 4 is 17.2 Å². The Morgan fingerprint density at radius 2 is 2.27 bits per heavy atom. The van der Waals surface area contributed by atoms with Crippen LogP contribution in [-0.2, 0) is 0 Å². The summed E-state index contributed by atoms with van der Waals surface area (Å²) in [6, 6.07) is 5.60. The maximum absolute atomic E-state index is 5.94. The zero-order chi connectivity index (χ0) is 11.3. The van der Waals surface area contributed by atoms with Crippen molar-refractivity contribution in [1.29, 1.82) is 0 Å². The first-order chi connectivity index (χ1) is 7.19. The van der Waals surface area contributed by atoms with Gasteiger partial charge in [-0.25, -0.2) is 0 Å². The molecule has 2 nitrogen and oxygen atoms in total. The molecule has 0 heterocycles. The Hall–Kier alpha value is -0.990. The summed E-state index contributed by atoms with van der Waals surface area (Å²) in [5.74, 6) is 0.838. The largest absolute Gasteiger partial charge is 0.496 e. The van der Waals surface area contributed by atoms with E-state index in [0.29, 0.717) is 11.6 Å². The second-order valence-corrected chi connectivity index (χ2v) is 3.75. The molecule has 0 atom stereocenters. The number of halogens is 1. The topological polar surface area (TPSA) is 35.2 Å².